The van der Waals surface area contributed by atoms with Gasteiger partial charge in [-0.15, -0.1) is 6.58 Å². The van der Waals surface area contributed by atoms with E-state index in [1.807, 2.05) is 0 Å². The van der Waals surface area contributed by atoms with Gasteiger partial charge in [-0.2, -0.15) is 0 Å². The Kier molecular flexibility index (Phi) is 2.22. The highest BCUT2D eigenvalue weighted by Crippen LogP contribution is 2.38. The zero-order chi connectivity index (χ0) is 7.56. The van der Waals surface area contributed by atoms with Crippen LogP contribution in [0.25, 0.3) is 0 Å². The maximum absolute atomic E-state index is 11.0. The number of Topliss-reactive ketones (excluding diaryl/α,β-unsaturated/α-hetero) is 1. The normalized spacial score (nSPS) is 29.7. The van der Waals surface area contributed by atoms with E-state index in [2.05, 4.69) is 6.58 Å². The molecule has 2 heteroatoms. The number of carbonyl (C=O) groups is 1. The molecule has 0 unspecified atom stereocenters. The van der Waals surface area contributed by atoms with Gasteiger partial charge in [-0.05, 0) is 18.9 Å². The Morgan fingerprint density at radius 3 is 2.90 bits per heavy atom. The van der Waals surface area contributed by atoms with E-state index < -0.39 is 0 Å². The van der Waals surface area contributed by atoms with Crippen LogP contribution in [0.3, 0.4) is 0 Å². The average molecular weight is 139 g/mol. The van der Waals surface area contributed by atoms with E-state index in [1.165, 1.54) is 0 Å². The number of rotatable bonds is 4. The third-order valence-electron chi connectivity index (χ3n) is 1.98. The number of ketones is 1. The molecule has 2 nitrogen and oxygen atoms in total. The second-order valence-electron chi connectivity index (χ2n) is 2.80. The van der Waals surface area contributed by atoms with Crippen molar-refractivity contribution in [3.05, 3.63) is 12.7 Å². The summed E-state index contributed by atoms with van der Waals surface area (Å²) in [5.74, 6) is 1.06. The van der Waals surface area contributed by atoms with Crippen molar-refractivity contribution in [2.45, 2.75) is 12.8 Å². The second-order valence-corrected chi connectivity index (χ2v) is 2.80. The Hall–Kier alpha value is -0.630. The maximum atomic E-state index is 11.0. The van der Waals surface area contributed by atoms with Crippen LogP contribution in [0, 0.1) is 11.8 Å². The van der Waals surface area contributed by atoms with Gasteiger partial charge in [-0.25, -0.2) is 0 Å². The Morgan fingerprint density at radius 1 is 1.80 bits per heavy atom. The number of hydrogen-bond donors (Lipinski definition) is 1. The van der Waals surface area contributed by atoms with Crippen LogP contribution in [0.4, 0.5) is 0 Å². The van der Waals surface area contributed by atoms with Crippen molar-refractivity contribution < 1.29 is 4.79 Å². The molecule has 1 aliphatic rings. The molecule has 0 bridgehead atoms. The van der Waals surface area contributed by atoms with Crippen LogP contribution in [0.1, 0.15) is 12.8 Å². The molecular weight excluding hydrogens is 126 g/mol. The highest BCUT2D eigenvalue weighted by Gasteiger charge is 2.40. The first-order valence-electron chi connectivity index (χ1n) is 3.63. The Morgan fingerprint density at radius 2 is 2.50 bits per heavy atom. The van der Waals surface area contributed by atoms with E-state index in [4.69, 9.17) is 5.73 Å². The van der Waals surface area contributed by atoms with Crippen molar-refractivity contribution in [2.75, 3.05) is 6.54 Å². The van der Waals surface area contributed by atoms with Crippen LogP contribution in [-0.4, -0.2) is 12.3 Å². The Bertz CT molecular complexity index is 153. The molecule has 1 rings (SSSR count). The molecule has 2 atom stereocenters. The van der Waals surface area contributed by atoms with Crippen LogP contribution >= 0.6 is 0 Å². The molecule has 1 fully saturated rings. The van der Waals surface area contributed by atoms with Gasteiger partial charge in [0.05, 0.1) is 0 Å². The average Bonchev–Trinajstić information content (AvgIpc) is 2.66. The van der Waals surface area contributed by atoms with E-state index in [9.17, 15) is 4.79 Å². The van der Waals surface area contributed by atoms with Gasteiger partial charge >= 0.3 is 0 Å². The second kappa shape index (κ2) is 2.97. The van der Waals surface area contributed by atoms with Gasteiger partial charge in [0.15, 0.2) is 0 Å². The molecule has 0 aromatic heterocycles. The SMILES string of the molecule is C=CCC(=O)[C@H]1C[C@H]1CN. The lowest BCUT2D eigenvalue weighted by molar-refractivity contribution is -0.119. The molecule has 0 amide bonds. The summed E-state index contributed by atoms with van der Waals surface area (Å²) in [6.07, 6.45) is 3.18. The van der Waals surface area contributed by atoms with Gasteiger partial charge in [-0.3, -0.25) is 4.79 Å². The van der Waals surface area contributed by atoms with Crippen molar-refractivity contribution in [3.8, 4) is 0 Å². The van der Waals surface area contributed by atoms with E-state index in [1.54, 1.807) is 6.08 Å². The molecule has 0 aromatic carbocycles. The fourth-order valence-corrected chi connectivity index (χ4v) is 1.20. The van der Waals surface area contributed by atoms with Gasteiger partial charge in [0.2, 0.25) is 0 Å². The molecule has 56 valence electrons. The molecular formula is C8H13NO. The minimum absolute atomic E-state index is 0.267. The number of hydrogen-bond acceptors (Lipinski definition) is 2. The van der Waals surface area contributed by atoms with Gasteiger partial charge < -0.3 is 5.73 Å². The highest BCUT2D eigenvalue weighted by atomic mass is 16.1. The largest absolute Gasteiger partial charge is 0.330 e. The molecule has 1 aliphatic carbocycles. The molecule has 0 aliphatic heterocycles. The predicted molar refractivity (Wildman–Crippen MR) is 40.5 cm³/mol. The summed E-state index contributed by atoms with van der Waals surface area (Å²) in [6.45, 7) is 4.17. The zero-order valence-corrected chi connectivity index (χ0v) is 6.05. The van der Waals surface area contributed by atoms with Crippen LogP contribution in [0.15, 0.2) is 12.7 Å². The lowest BCUT2D eigenvalue weighted by Gasteiger charge is -1.91. The van der Waals surface area contributed by atoms with E-state index in [0.29, 0.717) is 24.7 Å². The van der Waals surface area contributed by atoms with Crippen molar-refractivity contribution in [3.63, 3.8) is 0 Å². The van der Waals surface area contributed by atoms with Crippen LogP contribution in [0.2, 0.25) is 0 Å². The molecule has 0 radical (unpaired) electrons. The lowest BCUT2D eigenvalue weighted by atomic mass is 10.1. The van der Waals surface area contributed by atoms with Crippen LogP contribution in [-0.2, 0) is 4.79 Å². The summed E-state index contributed by atoms with van der Waals surface area (Å²) in [4.78, 5) is 11.0. The first-order valence-corrected chi connectivity index (χ1v) is 3.63. The standard InChI is InChI=1S/C8H13NO/c1-2-3-8(10)7-4-6(7)5-9/h2,6-7H,1,3-5,9H2/t6-,7-/m0/s1. The smallest absolute Gasteiger partial charge is 0.140 e. The summed E-state index contributed by atoms with van der Waals surface area (Å²) in [5.41, 5.74) is 5.38. The highest BCUT2D eigenvalue weighted by molar-refractivity contribution is 5.84. The minimum Gasteiger partial charge on any atom is -0.330 e. The van der Waals surface area contributed by atoms with Gasteiger partial charge in [0.25, 0.3) is 0 Å². The number of carbonyl (C=O) groups excluding carboxylic acids is 1. The third kappa shape index (κ3) is 1.45. The van der Waals surface area contributed by atoms with Crippen molar-refractivity contribution in [1.29, 1.82) is 0 Å². The summed E-state index contributed by atoms with van der Waals surface area (Å²) < 4.78 is 0. The van der Waals surface area contributed by atoms with Crippen molar-refractivity contribution in [1.82, 2.24) is 0 Å². The summed E-state index contributed by atoms with van der Waals surface area (Å²) >= 11 is 0. The van der Waals surface area contributed by atoms with Gasteiger partial charge in [0.1, 0.15) is 5.78 Å². The first kappa shape index (κ1) is 7.48. The third-order valence-corrected chi connectivity index (χ3v) is 1.98. The number of nitrogens with two attached hydrogens (primary N) is 1. The fourth-order valence-electron chi connectivity index (χ4n) is 1.20. The van der Waals surface area contributed by atoms with Crippen LogP contribution < -0.4 is 5.73 Å². The summed E-state index contributed by atoms with van der Waals surface area (Å²) in [6, 6.07) is 0. The molecule has 0 saturated heterocycles. The summed E-state index contributed by atoms with van der Waals surface area (Å²) in [5, 5.41) is 0. The van der Waals surface area contributed by atoms with Crippen molar-refractivity contribution >= 4 is 5.78 Å². The topological polar surface area (TPSA) is 43.1 Å². The first-order chi connectivity index (χ1) is 4.79. The molecule has 0 spiro atoms. The van der Waals surface area contributed by atoms with Crippen molar-refractivity contribution in [2.24, 2.45) is 17.6 Å². The van der Waals surface area contributed by atoms with E-state index >= 15 is 0 Å². The lowest BCUT2D eigenvalue weighted by Crippen LogP contribution is -2.07. The number of allylic oxidation sites excluding steroid dienone is 1. The Balaban J connectivity index is 2.25. The molecule has 10 heavy (non-hydrogen) atoms. The van der Waals surface area contributed by atoms with Gasteiger partial charge in [-0.1, -0.05) is 6.08 Å². The molecule has 2 N–H and O–H groups in total. The monoisotopic (exact) mass is 139 g/mol. The van der Waals surface area contributed by atoms with E-state index in [-0.39, 0.29) is 5.92 Å². The van der Waals surface area contributed by atoms with Crippen LogP contribution in [0.5, 0.6) is 0 Å². The summed E-state index contributed by atoms with van der Waals surface area (Å²) in [7, 11) is 0. The Labute approximate surface area is 61.1 Å². The molecule has 0 heterocycles. The predicted octanol–water partition coefficient (Wildman–Crippen LogP) is 0.726. The molecule has 1 saturated carbocycles. The quantitative estimate of drug-likeness (QED) is 0.583. The fraction of sp³-hybridized carbons (Fsp3) is 0.625. The minimum atomic E-state index is 0.267. The van der Waals surface area contributed by atoms with Gasteiger partial charge in [0, 0.05) is 12.3 Å². The van der Waals surface area contributed by atoms with E-state index in [0.717, 1.165) is 6.42 Å². The maximum Gasteiger partial charge on any atom is 0.140 e. The molecule has 0 aromatic rings. The zero-order valence-electron chi connectivity index (χ0n) is 6.05.